The van der Waals surface area contributed by atoms with E-state index in [1.807, 2.05) is 60.0 Å². The summed E-state index contributed by atoms with van der Waals surface area (Å²) in [5.74, 6) is 0.968. The zero-order chi connectivity index (χ0) is 19.1. The molecule has 0 spiro atoms. The van der Waals surface area contributed by atoms with Crippen LogP contribution in [0.15, 0.2) is 72.1 Å². The zero-order valence-corrected chi connectivity index (χ0v) is 15.7. The van der Waals surface area contributed by atoms with Gasteiger partial charge in [0, 0.05) is 6.54 Å². The van der Waals surface area contributed by atoms with E-state index in [4.69, 9.17) is 4.74 Å². The van der Waals surface area contributed by atoms with Crippen molar-refractivity contribution in [3.63, 3.8) is 0 Å². The molecule has 0 unspecified atom stereocenters. The lowest BCUT2D eigenvalue weighted by atomic mass is 10.2. The number of carbonyl (C=O) groups excluding carboxylic acids is 2. The second-order valence-corrected chi connectivity index (χ2v) is 6.90. The molecule has 3 rings (SSSR count). The third-order valence-electron chi connectivity index (χ3n) is 3.83. The molecule has 2 N–H and O–H groups in total. The molecule has 0 aliphatic carbocycles. The maximum absolute atomic E-state index is 12.2. The molecule has 3 aromatic rings. The van der Waals surface area contributed by atoms with Crippen LogP contribution >= 0.6 is 11.3 Å². The number of para-hydroxylation sites is 1. The van der Waals surface area contributed by atoms with Gasteiger partial charge in [-0.15, -0.1) is 11.3 Å². The highest BCUT2D eigenvalue weighted by molar-refractivity contribution is 7.12. The average molecular weight is 380 g/mol. The molecular weight excluding hydrogens is 360 g/mol. The van der Waals surface area contributed by atoms with Gasteiger partial charge >= 0.3 is 0 Å². The first-order valence-corrected chi connectivity index (χ1v) is 9.44. The van der Waals surface area contributed by atoms with Gasteiger partial charge in [-0.3, -0.25) is 9.59 Å². The van der Waals surface area contributed by atoms with Crippen LogP contribution in [-0.4, -0.2) is 17.9 Å². The topological polar surface area (TPSA) is 67.4 Å². The molecule has 2 aromatic carbocycles. The molecule has 0 fully saturated rings. The van der Waals surface area contributed by atoms with Crippen LogP contribution < -0.4 is 15.4 Å². The quantitative estimate of drug-likeness (QED) is 0.652. The standard InChI is InChI=1S/C21H20N2O3S/c1-15(23-21(25)19-11-6-12-27-19)20(24)22-14-16-7-5-10-18(13-16)26-17-8-3-2-4-9-17/h2-13,15H,14H2,1H3,(H,22,24)(H,23,25)/t15-/m0/s1. The maximum atomic E-state index is 12.2. The number of nitrogens with one attached hydrogen (secondary N) is 2. The first-order valence-electron chi connectivity index (χ1n) is 8.56. The third-order valence-corrected chi connectivity index (χ3v) is 4.70. The molecule has 1 heterocycles. The normalized spacial score (nSPS) is 11.4. The fourth-order valence-corrected chi connectivity index (χ4v) is 3.05. The van der Waals surface area contributed by atoms with Crippen LogP contribution in [0.4, 0.5) is 0 Å². The first-order chi connectivity index (χ1) is 13.1. The molecule has 138 valence electrons. The highest BCUT2D eigenvalue weighted by Crippen LogP contribution is 2.21. The van der Waals surface area contributed by atoms with Crippen molar-refractivity contribution >= 4 is 23.2 Å². The highest BCUT2D eigenvalue weighted by Gasteiger charge is 2.16. The Balaban J connectivity index is 1.52. The Labute approximate surface area is 162 Å². The molecule has 2 amide bonds. The molecule has 1 aromatic heterocycles. The number of carbonyl (C=O) groups is 2. The Bertz CT molecular complexity index is 895. The van der Waals surface area contributed by atoms with Crippen molar-refractivity contribution in [1.29, 1.82) is 0 Å². The Hall–Kier alpha value is -3.12. The molecular formula is C21H20N2O3S. The van der Waals surface area contributed by atoms with E-state index in [-0.39, 0.29) is 11.8 Å². The maximum Gasteiger partial charge on any atom is 0.261 e. The molecule has 0 radical (unpaired) electrons. The third kappa shape index (κ3) is 5.43. The lowest BCUT2D eigenvalue weighted by Gasteiger charge is -2.14. The van der Waals surface area contributed by atoms with Gasteiger partial charge in [0.05, 0.1) is 4.88 Å². The average Bonchev–Trinajstić information content (AvgIpc) is 3.22. The van der Waals surface area contributed by atoms with Crippen LogP contribution in [0, 0.1) is 0 Å². The van der Waals surface area contributed by atoms with Crippen molar-refractivity contribution in [2.24, 2.45) is 0 Å². The minimum absolute atomic E-state index is 0.241. The van der Waals surface area contributed by atoms with E-state index in [2.05, 4.69) is 10.6 Å². The van der Waals surface area contributed by atoms with Gasteiger partial charge in [0.1, 0.15) is 17.5 Å². The van der Waals surface area contributed by atoms with E-state index >= 15 is 0 Å². The minimum Gasteiger partial charge on any atom is -0.457 e. The molecule has 0 saturated carbocycles. The monoisotopic (exact) mass is 380 g/mol. The van der Waals surface area contributed by atoms with Crippen molar-refractivity contribution in [3.8, 4) is 11.5 Å². The van der Waals surface area contributed by atoms with E-state index in [9.17, 15) is 9.59 Å². The van der Waals surface area contributed by atoms with E-state index in [1.54, 1.807) is 19.1 Å². The van der Waals surface area contributed by atoms with Gasteiger partial charge in [-0.2, -0.15) is 0 Å². The van der Waals surface area contributed by atoms with Crippen LogP contribution in [0.25, 0.3) is 0 Å². The van der Waals surface area contributed by atoms with Gasteiger partial charge in [-0.25, -0.2) is 0 Å². The van der Waals surface area contributed by atoms with Gasteiger partial charge in [-0.1, -0.05) is 36.4 Å². The van der Waals surface area contributed by atoms with Gasteiger partial charge in [0.25, 0.3) is 5.91 Å². The van der Waals surface area contributed by atoms with Gasteiger partial charge in [0.2, 0.25) is 5.91 Å². The molecule has 5 nitrogen and oxygen atoms in total. The lowest BCUT2D eigenvalue weighted by molar-refractivity contribution is -0.122. The summed E-state index contributed by atoms with van der Waals surface area (Å²) in [6.45, 7) is 2.01. The summed E-state index contributed by atoms with van der Waals surface area (Å²) in [5.41, 5.74) is 0.911. The fourth-order valence-electron chi connectivity index (χ4n) is 2.43. The summed E-state index contributed by atoms with van der Waals surface area (Å²) >= 11 is 1.34. The smallest absolute Gasteiger partial charge is 0.261 e. The Morgan fingerprint density at radius 2 is 1.78 bits per heavy atom. The summed E-state index contributed by atoms with van der Waals surface area (Å²) in [6, 6.07) is 19.9. The summed E-state index contributed by atoms with van der Waals surface area (Å²) in [7, 11) is 0. The Kier molecular flexibility index (Phi) is 6.22. The molecule has 0 saturated heterocycles. The summed E-state index contributed by atoms with van der Waals surface area (Å²) in [5, 5.41) is 7.36. The number of hydrogen-bond donors (Lipinski definition) is 2. The fraction of sp³-hybridized carbons (Fsp3) is 0.143. The van der Waals surface area contributed by atoms with E-state index in [1.165, 1.54) is 11.3 Å². The van der Waals surface area contributed by atoms with Crippen LogP contribution in [0.2, 0.25) is 0 Å². The molecule has 0 bridgehead atoms. The first kappa shape index (κ1) is 18.7. The van der Waals surface area contributed by atoms with Crippen molar-refractivity contribution in [3.05, 3.63) is 82.6 Å². The molecule has 6 heteroatoms. The van der Waals surface area contributed by atoms with E-state index in [0.29, 0.717) is 17.2 Å². The number of benzene rings is 2. The van der Waals surface area contributed by atoms with E-state index < -0.39 is 6.04 Å². The number of hydrogen-bond acceptors (Lipinski definition) is 4. The lowest BCUT2D eigenvalue weighted by Crippen LogP contribution is -2.44. The van der Waals surface area contributed by atoms with Gasteiger partial charge < -0.3 is 15.4 Å². The number of ether oxygens (including phenoxy) is 1. The van der Waals surface area contributed by atoms with Crippen LogP contribution in [0.1, 0.15) is 22.2 Å². The number of thiophene rings is 1. The van der Waals surface area contributed by atoms with E-state index in [0.717, 1.165) is 11.3 Å². The van der Waals surface area contributed by atoms with Crippen molar-refractivity contribution in [2.75, 3.05) is 0 Å². The zero-order valence-electron chi connectivity index (χ0n) is 14.8. The summed E-state index contributed by atoms with van der Waals surface area (Å²) in [4.78, 5) is 24.8. The highest BCUT2D eigenvalue weighted by atomic mass is 32.1. The molecule has 0 aliphatic rings. The Morgan fingerprint density at radius 1 is 1.00 bits per heavy atom. The SMILES string of the molecule is C[C@H](NC(=O)c1cccs1)C(=O)NCc1cccc(Oc2ccccc2)c1. The number of amides is 2. The number of rotatable bonds is 7. The van der Waals surface area contributed by atoms with Gasteiger partial charge in [-0.05, 0) is 48.2 Å². The second-order valence-electron chi connectivity index (χ2n) is 5.95. The summed E-state index contributed by atoms with van der Waals surface area (Å²) < 4.78 is 5.80. The molecule has 27 heavy (non-hydrogen) atoms. The molecule has 0 aliphatic heterocycles. The largest absolute Gasteiger partial charge is 0.457 e. The van der Waals surface area contributed by atoms with Gasteiger partial charge in [0.15, 0.2) is 0 Å². The minimum atomic E-state index is -0.622. The van der Waals surface area contributed by atoms with Crippen molar-refractivity contribution in [1.82, 2.24) is 10.6 Å². The predicted molar refractivity (Wildman–Crippen MR) is 106 cm³/mol. The predicted octanol–water partition coefficient (Wildman–Crippen LogP) is 3.98. The van der Waals surface area contributed by atoms with Crippen LogP contribution in [0.3, 0.4) is 0 Å². The van der Waals surface area contributed by atoms with Crippen molar-refractivity contribution in [2.45, 2.75) is 19.5 Å². The molecule has 1 atom stereocenters. The Morgan fingerprint density at radius 3 is 2.52 bits per heavy atom. The van der Waals surface area contributed by atoms with Crippen molar-refractivity contribution < 1.29 is 14.3 Å². The van der Waals surface area contributed by atoms with Crippen LogP contribution in [-0.2, 0) is 11.3 Å². The second kappa shape index (κ2) is 9.00. The van der Waals surface area contributed by atoms with Crippen LogP contribution in [0.5, 0.6) is 11.5 Å². The summed E-state index contributed by atoms with van der Waals surface area (Å²) in [6.07, 6.45) is 0.